The second-order valence-electron chi connectivity index (χ2n) is 15.7. The molecule has 1 saturated carbocycles. The third kappa shape index (κ3) is 8.67. The van der Waals surface area contributed by atoms with Gasteiger partial charge in [0, 0.05) is 81.4 Å². The number of benzene rings is 1. The van der Waals surface area contributed by atoms with Crippen LogP contribution >= 0.6 is 11.6 Å². The maximum absolute atomic E-state index is 13.7. The van der Waals surface area contributed by atoms with Crippen molar-refractivity contribution in [1.82, 2.24) is 39.9 Å². The fraction of sp³-hybridized carbons (Fsp3) is 0.550. The SMILES string of the molecule is C[C@@H]1COCCN1c1ccn2ncc(C(=O)Nc3cn(C4CCCCC4)nc3C(F)F)c2n1.O=C1CCC(c2ccc(N3CC(N4CCNCC4)C3)cc2Cl)C(=O)N1. The molecule has 3 aromatic heterocycles. The zero-order valence-corrected chi connectivity index (χ0v) is 33.3. The number of aromatic nitrogens is 5. The predicted octanol–water partition coefficient (Wildman–Crippen LogP) is 4.80. The van der Waals surface area contributed by atoms with Gasteiger partial charge in [0.25, 0.3) is 12.3 Å². The monoisotopic (exact) mass is 821 g/mol. The van der Waals surface area contributed by atoms with Crippen molar-refractivity contribution in [1.29, 1.82) is 0 Å². The third-order valence-corrected chi connectivity index (χ3v) is 12.2. The van der Waals surface area contributed by atoms with Crippen LogP contribution in [0.2, 0.25) is 5.02 Å². The van der Waals surface area contributed by atoms with E-state index in [9.17, 15) is 23.2 Å². The van der Waals surface area contributed by atoms with Gasteiger partial charge in [-0.15, -0.1) is 0 Å². The number of amides is 3. The van der Waals surface area contributed by atoms with E-state index in [1.807, 2.05) is 31.2 Å². The summed E-state index contributed by atoms with van der Waals surface area (Å²) in [4.78, 5) is 48.1. The van der Waals surface area contributed by atoms with Crippen molar-refractivity contribution in [2.24, 2.45) is 0 Å². The van der Waals surface area contributed by atoms with Crippen LogP contribution in [0.3, 0.4) is 0 Å². The highest BCUT2D eigenvalue weighted by Crippen LogP contribution is 2.36. The second-order valence-corrected chi connectivity index (χ2v) is 16.1. The summed E-state index contributed by atoms with van der Waals surface area (Å²) < 4.78 is 35.9. The van der Waals surface area contributed by atoms with Crippen LogP contribution in [-0.2, 0) is 14.3 Å². The Morgan fingerprint density at radius 3 is 2.55 bits per heavy atom. The Balaban J connectivity index is 0.000000168. The number of carbonyl (C=O) groups excluding carboxylic acids is 3. The van der Waals surface area contributed by atoms with E-state index in [2.05, 4.69) is 45.8 Å². The van der Waals surface area contributed by atoms with Crippen LogP contribution in [0.4, 0.5) is 26.0 Å². The molecule has 0 radical (unpaired) electrons. The van der Waals surface area contributed by atoms with Gasteiger partial charge in [0.15, 0.2) is 11.3 Å². The standard InChI is InChI=1S/C22H27F2N7O2.C18H23ClN4O2/c1-14-13-33-10-9-29(14)18-7-8-30-21(27-18)16(11-25-30)22(32)26-17-12-31(28-19(17)20(23)24)15-5-3-2-4-6-15;19-16-9-12(23-10-13(11-23)22-7-5-20-6-8-22)1-2-14(16)15-3-4-17(24)21-18(15)25/h7-8,11-12,14-15,20H,2-6,9-10,13H2,1H3,(H,26,32);1-2,9,13,15,20H,3-8,10-11H2,(H,21,24,25)/t14-;/m1./s1. The van der Waals surface area contributed by atoms with Crippen LogP contribution in [0.15, 0.2) is 42.9 Å². The number of morpholine rings is 1. The number of fused-ring (bicyclic) bond motifs is 1. The summed E-state index contributed by atoms with van der Waals surface area (Å²) in [6.45, 7) is 10.4. The van der Waals surface area contributed by atoms with Crippen LogP contribution < -0.4 is 25.8 Å². The molecular weight excluding hydrogens is 772 g/mol. The molecule has 15 nitrogen and oxygen atoms in total. The van der Waals surface area contributed by atoms with E-state index in [4.69, 9.17) is 16.3 Å². The van der Waals surface area contributed by atoms with Crippen LogP contribution in [0.5, 0.6) is 0 Å². The number of piperidine rings is 1. The number of hydrogen-bond donors (Lipinski definition) is 3. The first-order valence-electron chi connectivity index (χ1n) is 20.3. The van der Waals surface area contributed by atoms with Crippen molar-refractivity contribution < 1.29 is 27.9 Å². The zero-order chi connectivity index (χ0) is 40.3. The van der Waals surface area contributed by atoms with Gasteiger partial charge < -0.3 is 25.2 Å². The van der Waals surface area contributed by atoms with E-state index in [1.165, 1.54) is 16.9 Å². The molecule has 5 fully saturated rings. The maximum Gasteiger partial charge on any atom is 0.284 e. The maximum atomic E-state index is 13.7. The van der Waals surface area contributed by atoms with Gasteiger partial charge in [-0.05, 0) is 49.9 Å². The lowest BCUT2D eigenvalue weighted by Crippen LogP contribution is -2.62. The van der Waals surface area contributed by atoms with Gasteiger partial charge >= 0.3 is 0 Å². The third-order valence-electron chi connectivity index (χ3n) is 11.9. The minimum absolute atomic E-state index is 0.0258. The molecule has 3 N–H and O–H groups in total. The lowest BCUT2D eigenvalue weighted by molar-refractivity contribution is -0.134. The van der Waals surface area contributed by atoms with E-state index < -0.39 is 18.0 Å². The lowest BCUT2D eigenvalue weighted by atomic mass is 9.90. The highest BCUT2D eigenvalue weighted by molar-refractivity contribution is 6.32. The molecule has 0 spiro atoms. The van der Waals surface area contributed by atoms with Crippen LogP contribution in [0, 0.1) is 0 Å². The average Bonchev–Trinajstić information content (AvgIpc) is 3.84. The van der Waals surface area contributed by atoms with E-state index in [0.717, 1.165) is 82.6 Å². The molecule has 4 aromatic rings. The summed E-state index contributed by atoms with van der Waals surface area (Å²) >= 11 is 6.46. The average molecular weight is 822 g/mol. The first-order chi connectivity index (χ1) is 28.1. The largest absolute Gasteiger partial charge is 0.377 e. The Hall–Kier alpha value is -4.71. The van der Waals surface area contributed by atoms with Crippen molar-refractivity contribution in [2.75, 3.05) is 74.1 Å². The lowest BCUT2D eigenvalue weighted by Gasteiger charge is -2.48. The summed E-state index contributed by atoms with van der Waals surface area (Å²) in [6.07, 6.45) is 7.82. The first-order valence-corrected chi connectivity index (χ1v) is 20.7. The molecule has 5 aliphatic rings. The van der Waals surface area contributed by atoms with Crippen molar-refractivity contribution in [3.63, 3.8) is 0 Å². The Morgan fingerprint density at radius 2 is 1.83 bits per heavy atom. The Morgan fingerprint density at radius 1 is 1.03 bits per heavy atom. The number of imide groups is 1. The van der Waals surface area contributed by atoms with Gasteiger partial charge in [-0.1, -0.05) is 36.9 Å². The van der Waals surface area contributed by atoms with Crippen molar-refractivity contribution in [2.45, 2.75) is 82.3 Å². The molecule has 1 unspecified atom stereocenters. The quantitative estimate of drug-likeness (QED) is 0.210. The number of alkyl halides is 2. The Labute approximate surface area is 340 Å². The van der Waals surface area contributed by atoms with Crippen LogP contribution in [0.1, 0.15) is 91.9 Å². The number of piperazine rings is 1. The van der Waals surface area contributed by atoms with E-state index in [0.29, 0.717) is 55.1 Å². The van der Waals surface area contributed by atoms with Gasteiger partial charge in [0.2, 0.25) is 11.8 Å². The number of halogens is 3. The van der Waals surface area contributed by atoms with Gasteiger partial charge in [-0.2, -0.15) is 10.2 Å². The Bertz CT molecular complexity index is 2110. The van der Waals surface area contributed by atoms with Gasteiger partial charge in [0.05, 0.1) is 43.1 Å². The minimum Gasteiger partial charge on any atom is -0.377 e. The van der Waals surface area contributed by atoms with Crippen molar-refractivity contribution in [3.05, 3.63) is 64.7 Å². The van der Waals surface area contributed by atoms with E-state index in [-0.39, 0.29) is 41.1 Å². The summed E-state index contributed by atoms with van der Waals surface area (Å²) in [5, 5.41) is 17.3. The summed E-state index contributed by atoms with van der Waals surface area (Å²) in [5.74, 6) is -0.604. The number of nitrogens with one attached hydrogen (secondary N) is 3. The number of anilines is 3. The van der Waals surface area contributed by atoms with Gasteiger partial charge in [-0.3, -0.25) is 29.3 Å². The molecule has 0 bridgehead atoms. The van der Waals surface area contributed by atoms with E-state index in [1.54, 1.807) is 10.9 Å². The second kappa shape index (κ2) is 17.6. The molecule has 2 atom stereocenters. The molecule has 3 amide bonds. The summed E-state index contributed by atoms with van der Waals surface area (Å²) in [7, 11) is 0. The topological polar surface area (TPSA) is 154 Å². The molecule has 1 aromatic carbocycles. The predicted molar refractivity (Wildman–Crippen MR) is 215 cm³/mol. The highest BCUT2D eigenvalue weighted by Gasteiger charge is 2.34. The molecule has 4 aliphatic heterocycles. The number of rotatable bonds is 8. The molecule has 4 saturated heterocycles. The molecule has 1 aliphatic carbocycles. The van der Waals surface area contributed by atoms with Gasteiger partial charge in [0.1, 0.15) is 11.4 Å². The minimum atomic E-state index is -2.79. The summed E-state index contributed by atoms with van der Waals surface area (Å²) in [5.41, 5.74) is 2.10. The first kappa shape index (κ1) is 40.1. The smallest absolute Gasteiger partial charge is 0.284 e. The molecule has 9 rings (SSSR count). The molecule has 7 heterocycles. The normalized spacial score (nSPS) is 22.4. The highest BCUT2D eigenvalue weighted by atomic mass is 35.5. The molecule has 18 heteroatoms. The summed E-state index contributed by atoms with van der Waals surface area (Å²) in [6, 6.07) is 8.62. The fourth-order valence-corrected chi connectivity index (χ4v) is 8.87. The zero-order valence-electron chi connectivity index (χ0n) is 32.6. The number of hydrogen-bond acceptors (Lipinski definition) is 11. The van der Waals surface area contributed by atoms with Gasteiger partial charge in [-0.25, -0.2) is 18.3 Å². The molecule has 310 valence electrons. The van der Waals surface area contributed by atoms with Crippen LogP contribution in [0.25, 0.3) is 5.65 Å². The van der Waals surface area contributed by atoms with E-state index >= 15 is 0 Å². The number of carbonyl (C=O) groups is 3. The molecular formula is C40H50ClF2N11O4. The van der Waals surface area contributed by atoms with Crippen molar-refractivity contribution in [3.8, 4) is 0 Å². The number of ether oxygens (including phenoxy) is 1. The number of nitrogens with zero attached hydrogens (tertiary/aromatic N) is 8. The van der Waals surface area contributed by atoms with Crippen molar-refractivity contribution >= 4 is 52.2 Å². The Kier molecular flexibility index (Phi) is 12.2. The fourth-order valence-electron chi connectivity index (χ4n) is 8.56. The van der Waals surface area contributed by atoms with Crippen LogP contribution in [-0.4, -0.2) is 118 Å². The molecule has 58 heavy (non-hydrogen) atoms.